The van der Waals surface area contributed by atoms with E-state index in [1.165, 1.54) is 14.2 Å². The van der Waals surface area contributed by atoms with Crippen LogP contribution in [0.4, 0.5) is 15.8 Å². The van der Waals surface area contributed by atoms with Crippen LogP contribution in [0.5, 0.6) is 5.75 Å². The number of rotatable bonds is 4. The van der Waals surface area contributed by atoms with Crippen molar-refractivity contribution < 1.29 is 23.6 Å². The fourth-order valence-electron chi connectivity index (χ4n) is 2.02. The molecule has 1 heterocycles. The van der Waals surface area contributed by atoms with E-state index in [1.54, 1.807) is 0 Å². The van der Waals surface area contributed by atoms with Gasteiger partial charge in [-0.25, -0.2) is 4.39 Å². The van der Waals surface area contributed by atoms with Crippen LogP contribution >= 0.6 is 0 Å². The molecule has 0 bridgehead atoms. The molecule has 0 saturated carbocycles. The molecule has 1 aromatic rings. The van der Waals surface area contributed by atoms with E-state index < -0.39 is 28.4 Å². The topological polar surface area (TPSA) is 102 Å². The third kappa shape index (κ3) is 2.62. The van der Waals surface area contributed by atoms with Gasteiger partial charge in [0.2, 0.25) is 5.91 Å². The number of carbonyl (C=O) groups is 2. The lowest BCUT2D eigenvalue weighted by atomic mass is 10.2. The molecule has 1 aliphatic rings. The minimum Gasteiger partial charge on any atom is -0.490 e. The summed E-state index contributed by atoms with van der Waals surface area (Å²) >= 11 is 0. The Hall–Kier alpha value is -2.71. The Labute approximate surface area is 118 Å². The number of carbonyl (C=O) groups excluding carboxylic acids is 2. The first-order valence-corrected chi connectivity index (χ1v) is 5.94. The molecular weight excluding hydrogens is 285 g/mol. The van der Waals surface area contributed by atoms with Crippen LogP contribution in [-0.2, 0) is 9.59 Å². The van der Waals surface area contributed by atoms with Crippen LogP contribution in [0.2, 0.25) is 0 Å². The zero-order valence-corrected chi connectivity index (χ0v) is 11.3. The normalized spacial score (nSPS) is 18.0. The lowest BCUT2D eigenvalue weighted by molar-refractivity contribution is -0.385. The van der Waals surface area contributed by atoms with Crippen LogP contribution in [0.25, 0.3) is 0 Å². The lowest BCUT2D eigenvalue weighted by Crippen LogP contribution is -2.32. The smallest absolute Gasteiger partial charge is 0.313 e. The Bertz CT molecular complexity index is 634. The van der Waals surface area contributed by atoms with Gasteiger partial charge < -0.3 is 10.1 Å². The molecule has 21 heavy (non-hydrogen) atoms. The maximum absolute atomic E-state index is 13.9. The van der Waals surface area contributed by atoms with Crippen molar-refractivity contribution in [2.45, 2.75) is 12.5 Å². The average molecular weight is 297 g/mol. The standard InChI is InChI=1S/C12H12FN3O5/c1-15-11(17)5-8(12(15)18)14-7-4-10(21-2)9(16(19)20)3-6(7)13/h3-4,8,14H,5H2,1-2H3. The van der Waals surface area contributed by atoms with E-state index in [4.69, 9.17) is 4.74 Å². The first-order valence-electron chi connectivity index (χ1n) is 5.94. The van der Waals surface area contributed by atoms with Crippen molar-refractivity contribution >= 4 is 23.2 Å². The first kappa shape index (κ1) is 14.7. The van der Waals surface area contributed by atoms with Gasteiger partial charge in [0, 0.05) is 13.1 Å². The van der Waals surface area contributed by atoms with Gasteiger partial charge in [-0.15, -0.1) is 0 Å². The van der Waals surface area contributed by atoms with Gasteiger partial charge >= 0.3 is 5.69 Å². The van der Waals surface area contributed by atoms with Crippen LogP contribution in [0.15, 0.2) is 12.1 Å². The highest BCUT2D eigenvalue weighted by Crippen LogP contribution is 2.33. The van der Waals surface area contributed by atoms with Crippen molar-refractivity contribution in [2.24, 2.45) is 0 Å². The quantitative estimate of drug-likeness (QED) is 0.503. The van der Waals surface area contributed by atoms with E-state index in [-0.39, 0.29) is 23.8 Å². The number of anilines is 1. The van der Waals surface area contributed by atoms with E-state index in [0.29, 0.717) is 6.07 Å². The van der Waals surface area contributed by atoms with E-state index in [2.05, 4.69) is 5.32 Å². The minimum absolute atomic E-state index is 0.103. The number of nitrogens with one attached hydrogen (secondary N) is 1. The summed E-state index contributed by atoms with van der Waals surface area (Å²) in [6.45, 7) is 0. The number of imide groups is 1. The van der Waals surface area contributed by atoms with Crippen LogP contribution < -0.4 is 10.1 Å². The van der Waals surface area contributed by atoms with Crippen LogP contribution in [-0.4, -0.2) is 41.8 Å². The number of methoxy groups -OCH3 is 1. The molecule has 1 aliphatic heterocycles. The molecule has 1 atom stereocenters. The zero-order chi connectivity index (χ0) is 15.7. The van der Waals surface area contributed by atoms with Gasteiger partial charge in [-0.1, -0.05) is 0 Å². The van der Waals surface area contributed by atoms with Crippen molar-refractivity contribution in [3.05, 3.63) is 28.1 Å². The highest BCUT2D eigenvalue weighted by molar-refractivity contribution is 6.06. The van der Waals surface area contributed by atoms with Gasteiger partial charge in [-0.3, -0.25) is 24.6 Å². The molecule has 0 aromatic heterocycles. The Balaban J connectivity index is 2.31. The summed E-state index contributed by atoms with van der Waals surface area (Å²) in [5, 5.41) is 13.3. The number of hydrogen-bond donors (Lipinski definition) is 1. The number of ether oxygens (including phenoxy) is 1. The molecule has 1 saturated heterocycles. The summed E-state index contributed by atoms with van der Waals surface area (Å²) < 4.78 is 18.7. The largest absolute Gasteiger partial charge is 0.490 e. The zero-order valence-electron chi connectivity index (χ0n) is 11.3. The van der Waals surface area contributed by atoms with Gasteiger partial charge in [-0.2, -0.15) is 0 Å². The van der Waals surface area contributed by atoms with Crippen molar-refractivity contribution in [3.8, 4) is 5.75 Å². The van der Waals surface area contributed by atoms with Crippen molar-refractivity contribution in [2.75, 3.05) is 19.5 Å². The number of amides is 2. The minimum atomic E-state index is -0.905. The molecule has 1 fully saturated rings. The summed E-state index contributed by atoms with van der Waals surface area (Å²) in [6.07, 6.45) is -0.103. The maximum atomic E-state index is 13.9. The van der Waals surface area contributed by atoms with E-state index in [9.17, 15) is 24.1 Å². The van der Waals surface area contributed by atoms with Gasteiger partial charge in [0.25, 0.3) is 5.91 Å². The summed E-state index contributed by atoms with van der Waals surface area (Å²) in [4.78, 5) is 34.1. The van der Waals surface area contributed by atoms with Crippen molar-refractivity contribution in [3.63, 3.8) is 0 Å². The average Bonchev–Trinajstić information content (AvgIpc) is 2.68. The molecule has 0 radical (unpaired) electrons. The summed E-state index contributed by atoms with van der Waals surface area (Å²) in [5.74, 6) is -1.92. The number of likely N-dealkylation sites (N-methyl/N-ethyl adjacent to an activating group) is 1. The third-order valence-corrected chi connectivity index (χ3v) is 3.18. The number of halogens is 1. The fraction of sp³-hybridized carbons (Fsp3) is 0.333. The fourth-order valence-corrected chi connectivity index (χ4v) is 2.02. The molecule has 0 aliphatic carbocycles. The monoisotopic (exact) mass is 297 g/mol. The van der Waals surface area contributed by atoms with E-state index in [1.807, 2.05) is 0 Å². The molecule has 1 N–H and O–H groups in total. The molecule has 2 rings (SSSR count). The Morgan fingerprint density at radius 3 is 2.62 bits per heavy atom. The number of hydrogen-bond acceptors (Lipinski definition) is 6. The van der Waals surface area contributed by atoms with Gasteiger partial charge in [0.15, 0.2) is 11.6 Å². The number of nitro benzene ring substituents is 1. The molecular formula is C12H12FN3O5. The second-order valence-corrected chi connectivity index (χ2v) is 4.45. The first-order chi connectivity index (χ1) is 9.85. The molecule has 1 unspecified atom stereocenters. The molecule has 9 heteroatoms. The van der Waals surface area contributed by atoms with Crippen molar-refractivity contribution in [1.82, 2.24) is 4.90 Å². The Morgan fingerprint density at radius 1 is 1.48 bits per heavy atom. The van der Waals surface area contributed by atoms with E-state index in [0.717, 1.165) is 11.0 Å². The van der Waals surface area contributed by atoms with Crippen LogP contribution in [0, 0.1) is 15.9 Å². The second kappa shape index (κ2) is 5.35. The van der Waals surface area contributed by atoms with Gasteiger partial charge in [0.05, 0.1) is 30.2 Å². The van der Waals surface area contributed by atoms with Crippen LogP contribution in [0.3, 0.4) is 0 Å². The number of likely N-dealkylation sites (tertiary alicyclic amines) is 1. The maximum Gasteiger partial charge on any atom is 0.313 e. The summed E-state index contributed by atoms with van der Waals surface area (Å²) in [5.41, 5.74) is -0.662. The summed E-state index contributed by atoms with van der Waals surface area (Å²) in [6, 6.07) is 0.888. The molecule has 112 valence electrons. The highest BCUT2D eigenvalue weighted by Gasteiger charge is 2.36. The second-order valence-electron chi connectivity index (χ2n) is 4.45. The van der Waals surface area contributed by atoms with Crippen LogP contribution in [0.1, 0.15) is 6.42 Å². The van der Waals surface area contributed by atoms with Crippen molar-refractivity contribution in [1.29, 1.82) is 0 Å². The molecule has 0 spiro atoms. The lowest BCUT2D eigenvalue weighted by Gasteiger charge is -2.14. The Morgan fingerprint density at radius 2 is 2.14 bits per heavy atom. The van der Waals surface area contributed by atoms with E-state index >= 15 is 0 Å². The predicted molar refractivity (Wildman–Crippen MR) is 69.4 cm³/mol. The molecule has 1 aromatic carbocycles. The SMILES string of the molecule is COc1cc(NC2CC(=O)N(C)C2=O)c(F)cc1[N+](=O)[O-]. The number of nitrogens with zero attached hydrogens (tertiary/aromatic N) is 2. The molecule has 8 nitrogen and oxygen atoms in total. The Kier molecular flexibility index (Phi) is 3.74. The highest BCUT2D eigenvalue weighted by atomic mass is 19.1. The summed E-state index contributed by atoms with van der Waals surface area (Å²) in [7, 11) is 2.54. The van der Waals surface area contributed by atoms with Gasteiger partial charge in [-0.05, 0) is 0 Å². The predicted octanol–water partition coefficient (Wildman–Crippen LogP) is 0.912. The number of nitro groups is 1. The molecule has 2 amide bonds. The third-order valence-electron chi connectivity index (χ3n) is 3.18. The van der Waals surface area contributed by atoms with Gasteiger partial charge in [0.1, 0.15) is 6.04 Å². The number of benzene rings is 1.